The number of fused-ring (bicyclic) bond motifs is 1. The van der Waals surface area contributed by atoms with Crippen LogP contribution in [0.3, 0.4) is 0 Å². The molecule has 0 saturated heterocycles. The Morgan fingerprint density at radius 3 is 2.78 bits per heavy atom. The molecule has 0 aromatic heterocycles. The van der Waals surface area contributed by atoms with Crippen molar-refractivity contribution in [3.63, 3.8) is 0 Å². The molecule has 4 atom stereocenters. The third kappa shape index (κ3) is 5.49. The van der Waals surface area contributed by atoms with Gasteiger partial charge in [0.05, 0.1) is 31.2 Å². The second-order valence-electron chi connectivity index (χ2n) is 10.3. The van der Waals surface area contributed by atoms with Crippen LogP contribution in [-0.2, 0) is 20.7 Å². The van der Waals surface area contributed by atoms with Crippen LogP contribution in [-0.4, -0.2) is 44.7 Å². The summed E-state index contributed by atoms with van der Waals surface area (Å²) in [5.74, 6) is 1.39. The number of hydrogen-bond acceptors (Lipinski definition) is 6. The van der Waals surface area contributed by atoms with E-state index in [1.807, 2.05) is 18.2 Å². The Labute approximate surface area is 223 Å². The SMILES string of the molecule is CCCc1cc(Cl)ccc1C1COc2ccc(C(=O)OC)cc2N(CC2CCC2C2CC(=O)C=CO2)C1. The van der Waals surface area contributed by atoms with Gasteiger partial charge in [-0.1, -0.05) is 31.0 Å². The molecule has 1 saturated carbocycles. The minimum Gasteiger partial charge on any atom is -0.497 e. The van der Waals surface area contributed by atoms with Gasteiger partial charge in [-0.25, -0.2) is 4.79 Å². The highest BCUT2D eigenvalue weighted by atomic mass is 35.5. The fraction of sp³-hybridized carbons (Fsp3) is 0.467. The first-order chi connectivity index (χ1) is 18.0. The molecule has 2 aromatic rings. The topological polar surface area (TPSA) is 65.1 Å². The molecular formula is C30H34ClNO5. The molecule has 37 heavy (non-hydrogen) atoms. The number of carbonyl (C=O) groups is 2. The predicted molar refractivity (Wildman–Crippen MR) is 144 cm³/mol. The van der Waals surface area contributed by atoms with Crippen molar-refractivity contribution in [3.8, 4) is 5.75 Å². The zero-order valence-electron chi connectivity index (χ0n) is 21.5. The van der Waals surface area contributed by atoms with Crippen LogP contribution in [0.25, 0.3) is 0 Å². The highest BCUT2D eigenvalue weighted by Crippen LogP contribution is 2.44. The van der Waals surface area contributed by atoms with Crippen molar-refractivity contribution in [2.45, 2.75) is 51.0 Å². The van der Waals surface area contributed by atoms with Gasteiger partial charge in [-0.15, -0.1) is 0 Å². The van der Waals surface area contributed by atoms with Crippen LogP contribution in [0.1, 0.15) is 60.0 Å². The molecule has 0 bridgehead atoms. The van der Waals surface area contributed by atoms with Crippen LogP contribution >= 0.6 is 11.6 Å². The standard InChI is InChI=1S/C30H34ClNO5/c1-3-4-19-13-23(31)7-9-25(19)22-17-32(16-21-5-8-26(21)29-15-24(33)11-12-36-29)27-14-20(30(34)35-2)6-10-28(27)37-18-22/h6-7,9-14,21-22,26,29H,3-5,8,15-18H2,1-2H3. The Bertz CT molecular complexity index is 1190. The summed E-state index contributed by atoms with van der Waals surface area (Å²) in [5.41, 5.74) is 3.92. The minimum absolute atomic E-state index is 0.0661. The van der Waals surface area contributed by atoms with E-state index in [1.165, 1.54) is 24.3 Å². The number of allylic oxidation sites excluding steroid dienone is 1. The van der Waals surface area contributed by atoms with E-state index in [-0.39, 0.29) is 23.8 Å². The first-order valence-corrected chi connectivity index (χ1v) is 13.6. The third-order valence-corrected chi connectivity index (χ3v) is 8.22. The van der Waals surface area contributed by atoms with E-state index < -0.39 is 0 Å². The van der Waals surface area contributed by atoms with Crippen LogP contribution in [0.5, 0.6) is 5.75 Å². The first kappa shape index (κ1) is 25.7. The molecule has 2 aliphatic heterocycles. The second-order valence-corrected chi connectivity index (χ2v) is 10.8. The van der Waals surface area contributed by atoms with Gasteiger partial charge in [0.15, 0.2) is 5.78 Å². The number of carbonyl (C=O) groups excluding carboxylic acids is 2. The van der Waals surface area contributed by atoms with Crippen molar-refractivity contribution >= 4 is 29.0 Å². The van der Waals surface area contributed by atoms with Gasteiger partial charge in [-0.05, 0) is 66.6 Å². The van der Waals surface area contributed by atoms with Gasteiger partial charge in [0.2, 0.25) is 0 Å². The van der Waals surface area contributed by atoms with Crippen LogP contribution in [0, 0.1) is 11.8 Å². The average Bonchev–Trinajstić information content (AvgIpc) is 3.05. The molecule has 2 heterocycles. The zero-order chi connectivity index (χ0) is 25.9. The number of benzene rings is 2. The van der Waals surface area contributed by atoms with Crippen molar-refractivity contribution in [2.24, 2.45) is 11.8 Å². The van der Waals surface area contributed by atoms with Gasteiger partial charge < -0.3 is 19.1 Å². The van der Waals surface area contributed by atoms with E-state index in [4.69, 9.17) is 25.8 Å². The summed E-state index contributed by atoms with van der Waals surface area (Å²) < 4.78 is 17.2. The zero-order valence-corrected chi connectivity index (χ0v) is 22.2. The van der Waals surface area contributed by atoms with E-state index in [0.717, 1.165) is 55.2 Å². The Balaban J connectivity index is 1.46. The first-order valence-electron chi connectivity index (χ1n) is 13.2. The van der Waals surface area contributed by atoms with Crippen molar-refractivity contribution in [2.75, 3.05) is 31.7 Å². The molecule has 5 rings (SSSR count). The molecule has 1 aliphatic carbocycles. The summed E-state index contributed by atoms with van der Waals surface area (Å²) >= 11 is 6.36. The summed E-state index contributed by atoms with van der Waals surface area (Å²) in [5, 5.41) is 0.748. The lowest BCUT2D eigenvalue weighted by Gasteiger charge is -2.44. The number of methoxy groups -OCH3 is 1. The Morgan fingerprint density at radius 2 is 2.05 bits per heavy atom. The summed E-state index contributed by atoms with van der Waals surface area (Å²) in [6, 6.07) is 11.7. The van der Waals surface area contributed by atoms with Gasteiger partial charge >= 0.3 is 5.97 Å². The summed E-state index contributed by atoms with van der Waals surface area (Å²) in [4.78, 5) is 26.7. The maximum absolute atomic E-state index is 12.4. The Morgan fingerprint density at radius 1 is 1.19 bits per heavy atom. The number of esters is 1. The van der Waals surface area contributed by atoms with Crippen LogP contribution in [0.4, 0.5) is 5.69 Å². The van der Waals surface area contributed by atoms with E-state index in [2.05, 4.69) is 24.0 Å². The summed E-state index contributed by atoms with van der Waals surface area (Å²) in [7, 11) is 1.40. The largest absolute Gasteiger partial charge is 0.497 e. The van der Waals surface area contributed by atoms with Crippen LogP contribution in [0.2, 0.25) is 5.02 Å². The number of ketones is 1. The molecule has 196 valence electrons. The monoisotopic (exact) mass is 523 g/mol. The van der Waals surface area contributed by atoms with E-state index in [1.54, 1.807) is 12.3 Å². The number of nitrogens with zero attached hydrogens (tertiary/aromatic N) is 1. The van der Waals surface area contributed by atoms with Gasteiger partial charge in [0.1, 0.15) is 11.9 Å². The molecule has 4 unspecified atom stereocenters. The third-order valence-electron chi connectivity index (χ3n) is 7.98. The molecule has 6 nitrogen and oxygen atoms in total. The van der Waals surface area contributed by atoms with Gasteiger partial charge in [0.25, 0.3) is 0 Å². The lowest BCUT2D eigenvalue weighted by atomic mass is 9.69. The molecular weight excluding hydrogens is 490 g/mol. The molecule has 0 radical (unpaired) electrons. The molecule has 3 aliphatic rings. The fourth-order valence-electron chi connectivity index (χ4n) is 5.94. The summed E-state index contributed by atoms with van der Waals surface area (Å²) in [6.45, 7) is 4.27. The van der Waals surface area contributed by atoms with Gasteiger partial charge in [-0.2, -0.15) is 0 Å². The maximum atomic E-state index is 12.4. The number of rotatable bonds is 7. The van der Waals surface area contributed by atoms with Gasteiger partial charge in [-0.3, -0.25) is 4.79 Å². The maximum Gasteiger partial charge on any atom is 0.337 e. The lowest BCUT2D eigenvalue weighted by molar-refractivity contribution is -0.120. The quantitative estimate of drug-likeness (QED) is 0.417. The minimum atomic E-state index is -0.367. The normalized spacial score (nSPS) is 24.8. The van der Waals surface area contributed by atoms with E-state index in [9.17, 15) is 9.59 Å². The van der Waals surface area contributed by atoms with Crippen molar-refractivity contribution < 1.29 is 23.8 Å². The Hall–Kier alpha value is -2.99. The number of aryl methyl sites for hydroxylation is 1. The van der Waals surface area contributed by atoms with Crippen LogP contribution < -0.4 is 9.64 Å². The smallest absolute Gasteiger partial charge is 0.337 e. The summed E-state index contributed by atoms with van der Waals surface area (Å²) in [6.07, 6.45) is 7.57. The molecule has 0 spiro atoms. The van der Waals surface area contributed by atoms with Crippen LogP contribution in [0.15, 0.2) is 48.7 Å². The highest BCUT2D eigenvalue weighted by Gasteiger charge is 2.41. The predicted octanol–water partition coefficient (Wildman–Crippen LogP) is 5.96. The number of ether oxygens (including phenoxy) is 3. The number of halogens is 1. The second kappa shape index (κ2) is 11.2. The average molecular weight is 524 g/mol. The van der Waals surface area contributed by atoms with Crippen molar-refractivity contribution in [1.82, 2.24) is 0 Å². The molecule has 0 amide bonds. The number of anilines is 1. The highest BCUT2D eigenvalue weighted by molar-refractivity contribution is 6.30. The Kier molecular flexibility index (Phi) is 7.75. The molecule has 7 heteroatoms. The molecule has 2 aromatic carbocycles. The van der Waals surface area contributed by atoms with E-state index in [0.29, 0.717) is 30.4 Å². The van der Waals surface area contributed by atoms with Crippen molar-refractivity contribution in [3.05, 3.63) is 70.4 Å². The van der Waals surface area contributed by atoms with Crippen molar-refractivity contribution in [1.29, 1.82) is 0 Å². The number of hydrogen-bond donors (Lipinski definition) is 0. The lowest BCUT2D eigenvalue weighted by Crippen LogP contribution is -2.45. The fourth-order valence-corrected chi connectivity index (χ4v) is 6.13. The molecule has 1 fully saturated rings. The van der Waals surface area contributed by atoms with E-state index >= 15 is 0 Å². The molecule has 0 N–H and O–H groups in total. The van der Waals surface area contributed by atoms with Gasteiger partial charge in [0, 0.05) is 42.4 Å².